The van der Waals surface area contributed by atoms with E-state index in [9.17, 15) is 18.0 Å². The number of methoxy groups -OCH3 is 1. The lowest BCUT2D eigenvalue weighted by molar-refractivity contribution is -0.137. The number of nitrogens with one attached hydrogen (secondary N) is 1. The Morgan fingerprint density at radius 3 is 2.61 bits per heavy atom. The summed E-state index contributed by atoms with van der Waals surface area (Å²) in [4.78, 5) is 12.8. The molecule has 31 heavy (non-hydrogen) atoms. The van der Waals surface area contributed by atoms with Gasteiger partial charge in [-0.25, -0.2) is 0 Å². The Morgan fingerprint density at radius 1 is 1.19 bits per heavy atom. The lowest BCUT2D eigenvalue weighted by atomic mass is 9.96. The maximum atomic E-state index is 13.5. The number of carbonyl (C=O) groups is 1. The van der Waals surface area contributed by atoms with Crippen molar-refractivity contribution in [2.24, 2.45) is 0 Å². The van der Waals surface area contributed by atoms with Gasteiger partial charge < -0.3 is 14.6 Å². The van der Waals surface area contributed by atoms with Gasteiger partial charge in [-0.1, -0.05) is 35.9 Å². The average Bonchev–Trinajstić information content (AvgIpc) is 3.14. The fourth-order valence-corrected chi connectivity index (χ4v) is 3.43. The van der Waals surface area contributed by atoms with Crippen LogP contribution in [0.15, 0.2) is 54.9 Å². The normalized spacial score (nSPS) is 11.2. The van der Waals surface area contributed by atoms with Crippen LogP contribution >= 0.6 is 11.6 Å². The zero-order valence-corrected chi connectivity index (χ0v) is 17.2. The molecule has 1 amide bonds. The summed E-state index contributed by atoms with van der Waals surface area (Å²) >= 11 is 6.07. The number of hydrogen-bond donors (Lipinski definition) is 1. The Bertz CT molecular complexity index is 1150. The number of benzene rings is 2. The molecule has 3 aromatic rings. The summed E-state index contributed by atoms with van der Waals surface area (Å²) in [7, 11) is 1.35. The van der Waals surface area contributed by atoms with Crippen molar-refractivity contribution in [3.8, 4) is 23.5 Å². The highest BCUT2D eigenvalue weighted by Gasteiger charge is 2.37. The van der Waals surface area contributed by atoms with Gasteiger partial charge in [0.2, 0.25) is 0 Å². The maximum absolute atomic E-state index is 13.5. The van der Waals surface area contributed by atoms with Crippen molar-refractivity contribution in [2.45, 2.75) is 19.3 Å². The fourth-order valence-electron chi connectivity index (χ4n) is 3.24. The zero-order valence-electron chi connectivity index (χ0n) is 16.5. The van der Waals surface area contributed by atoms with Gasteiger partial charge in [0.25, 0.3) is 5.91 Å². The van der Waals surface area contributed by atoms with Crippen LogP contribution in [0.2, 0.25) is 5.02 Å². The number of ether oxygens (including phenoxy) is 1. The molecule has 0 bridgehead atoms. The second kappa shape index (κ2) is 9.29. The number of para-hydroxylation sites is 1. The minimum absolute atomic E-state index is 0.118. The Hall–Kier alpha value is -3.21. The van der Waals surface area contributed by atoms with E-state index >= 15 is 0 Å². The van der Waals surface area contributed by atoms with Crippen molar-refractivity contribution in [2.75, 3.05) is 12.4 Å². The zero-order chi connectivity index (χ0) is 22.6. The summed E-state index contributed by atoms with van der Waals surface area (Å²) in [6, 6.07) is 12.0. The SMILES string of the molecule is C#CCc1cc(Cl)ccc1-c1ccccc1NC(=O)c1cn(COC)cc1C(F)(F)F. The topological polar surface area (TPSA) is 43.3 Å². The third kappa shape index (κ3) is 5.10. The summed E-state index contributed by atoms with van der Waals surface area (Å²) in [5.41, 5.74) is 0.909. The second-order valence-electron chi connectivity index (χ2n) is 6.70. The van der Waals surface area contributed by atoms with Gasteiger partial charge in [0.05, 0.1) is 11.1 Å². The molecule has 2 aromatic carbocycles. The van der Waals surface area contributed by atoms with Crippen molar-refractivity contribution in [3.05, 3.63) is 76.6 Å². The van der Waals surface area contributed by atoms with E-state index in [0.29, 0.717) is 22.7 Å². The minimum Gasteiger partial charge on any atom is -0.364 e. The number of alkyl halides is 3. The van der Waals surface area contributed by atoms with E-state index in [2.05, 4.69) is 11.2 Å². The van der Waals surface area contributed by atoms with Crippen molar-refractivity contribution in [1.29, 1.82) is 0 Å². The highest BCUT2D eigenvalue weighted by Crippen LogP contribution is 2.35. The van der Waals surface area contributed by atoms with E-state index in [4.69, 9.17) is 22.8 Å². The molecule has 0 saturated carbocycles. The van der Waals surface area contributed by atoms with E-state index in [-0.39, 0.29) is 6.73 Å². The summed E-state index contributed by atoms with van der Waals surface area (Å²) in [5, 5.41) is 3.10. The van der Waals surface area contributed by atoms with Crippen LogP contribution in [-0.2, 0) is 24.1 Å². The largest absolute Gasteiger partial charge is 0.418 e. The second-order valence-corrected chi connectivity index (χ2v) is 7.13. The summed E-state index contributed by atoms with van der Waals surface area (Å²) in [5.74, 6) is 1.67. The number of amides is 1. The maximum Gasteiger partial charge on any atom is 0.418 e. The van der Waals surface area contributed by atoms with Crippen LogP contribution < -0.4 is 5.32 Å². The van der Waals surface area contributed by atoms with Gasteiger partial charge in [-0.3, -0.25) is 4.79 Å². The minimum atomic E-state index is -4.69. The molecule has 0 atom stereocenters. The van der Waals surface area contributed by atoms with Gasteiger partial charge >= 0.3 is 6.18 Å². The molecule has 0 unspecified atom stereocenters. The van der Waals surface area contributed by atoms with Crippen LogP contribution in [0.5, 0.6) is 0 Å². The van der Waals surface area contributed by atoms with E-state index < -0.39 is 23.2 Å². The molecular weight excluding hydrogens is 429 g/mol. The van der Waals surface area contributed by atoms with E-state index in [0.717, 1.165) is 28.1 Å². The molecular formula is C23H18ClF3N2O2. The predicted molar refractivity (Wildman–Crippen MR) is 114 cm³/mol. The van der Waals surface area contributed by atoms with Crippen LogP contribution in [0.3, 0.4) is 0 Å². The number of anilines is 1. The number of terminal acetylenes is 1. The molecule has 1 N–H and O–H groups in total. The fraction of sp³-hybridized carbons (Fsp3) is 0.174. The van der Waals surface area contributed by atoms with Gasteiger partial charge in [-0.2, -0.15) is 13.2 Å². The molecule has 0 aliphatic carbocycles. The number of carbonyl (C=O) groups excluding carboxylic acids is 1. The van der Waals surface area contributed by atoms with Crippen LogP contribution in [0.4, 0.5) is 18.9 Å². The average molecular weight is 447 g/mol. The third-order valence-electron chi connectivity index (χ3n) is 4.53. The molecule has 160 valence electrons. The molecule has 0 spiro atoms. The van der Waals surface area contributed by atoms with Crippen molar-refractivity contribution in [3.63, 3.8) is 0 Å². The molecule has 0 radical (unpaired) electrons. The molecule has 8 heteroatoms. The van der Waals surface area contributed by atoms with Gasteiger partial charge in [0.15, 0.2) is 0 Å². The highest BCUT2D eigenvalue weighted by atomic mass is 35.5. The first-order valence-electron chi connectivity index (χ1n) is 9.13. The lowest BCUT2D eigenvalue weighted by Crippen LogP contribution is -2.17. The van der Waals surface area contributed by atoms with E-state index in [1.807, 2.05) is 0 Å². The molecule has 1 aromatic heterocycles. The quantitative estimate of drug-likeness (QED) is 0.482. The number of nitrogens with zero attached hydrogens (tertiary/aromatic N) is 1. The van der Waals surface area contributed by atoms with E-state index in [1.165, 1.54) is 7.11 Å². The molecule has 0 aliphatic rings. The number of aromatic nitrogens is 1. The number of halogens is 4. The molecule has 3 rings (SSSR count). The monoisotopic (exact) mass is 446 g/mol. The predicted octanol–water partition coefficient (Wildman–Crippen LogP) is 5.86. The molecule has 0 saturated heterocycles. The Labute approximate surface area is 182 Å². The highest BCUT2D eigenvalue weighted by molar-refractivity contribution is 6.30. The van der Waals surface area contributed by atoms with Gasteiger partial charge in [-0.15, -0.1) is 12.3 Å². The number of hydrogen-bond acceptors (Lipinski definition) is 2. The molecule has 4 nitrogen and oxygen atoms in total. The first-order valence-corrected chi connectivity index (χ1v) is 9.51. The van der Waals surface area contributed by atoms with E-state index in [1.54, 1.807) is 42.5 Å². The van der Waals surface area contributed by atoms with Crippen LogP contribution in [0.1, 0.15) is 21.5 Å². The van der Waals surface area contributed by atoms with Crippen LogP contribution in [0, 0.1) is 12.3 Å². The third-order valence-corrected chi connectivity index (χ3v) is 4.77. The van der Waals surface area contributed by atoms with Gasteiger partial charge in [0, 0.05) is 42.2 Å². The van der Waals surface area contributed by atoms with Crippen molar-refractivity contribution in [1.82, 2.24) is 4.57 Å². The molecule has 0 fully saturated rings. The van der Waals surface area contributed by atoms with Crippen LogP contribution in [0.25, 0.3) is 11.1 Å². The van der Waals surface area contributed by atoms with Crippen LogP contribution in [-0.4, -0.2) is 17.6 Å². The number of rotatable bonds is 6. The lowest BCUT2D eigenvalue weighted by Gasteiger charge is -2.15. The standard InChI is InChI=1S/C23H18ClF3N2O2/c1-3-6-15-11-16(24)9-10-17(15)18-7-4-5-8-21(18)28-22(30)19-12-29(14-31-2)13-20(19)23(25,26)27/h1,4-5,7-13H,6,14H2,2H3,(H,28,30). The van der Waals surface area contributed by atoms with Crippen molar-refractivity contribution >= 4 is 23.2 Å². The first-order chi connectivity index (χ1) is 14.7. The smallest absolute Gasteiger partial charge is 0.364 e. The van der Waals surface area contributed by atoms with Gasteiger partial charge in [0.1, 0.15) is 6.73 Å². The Balaban J connectivity index is 2.02. The molecule has 1 heterocycles. The summed E-state index contributed by atoms with van der Waals surface area (Å²) < 4.78 is 46.4. The Morgan fingerprint density at radius 2 is 1.94 bits per heavy atom. The summed E-state index contributed by atoms with van der Waals surface area (Å²) in [6.07, 6.45) is 3.01. The first kappa shape index (κ1) is 22.5. The Kier molecular flexibility index (Phi) is 6.74. The molecule has 0 aliphatic heterocycles. The summed E-state index contributed by atoms with van der Waals surface area (Å²) in [6.45, 7) is -0.118. The van der Waals surface area contributed by atoms with Crippen molar-refractivity contribution < 1.29 is 22.7 Å². The van der Waals surface area contributed by atoms with Gasteiger partial charge in [-0.05, 0) is 29.3 Å².